The fourth-order valence-electron chi connectivity index (χ4n) is 2.60. The number of rotatable bonds is 6. The highest BCUT2D eigenvalue weighted by atomic mass is 32.2. The summed E-state index contributed by atoms with van der Waals surface area (Å²) in [6.07, 6.45) is 3.35. The number of thioether (sulfide) groups is 1. The minimum absolute atomic E-state index is 0.0836. The van der Waals surface area contributed by atoms with Crippen molar-refractivity contribution in [3.05, 3.63) is 0 Å². The number of nitrogens with one attached hydrogen (secondary N) is 1. The Kier molecular flexibility index (Phi) is 5.99. The normalized spacial score (nSPS) is 28.9. The first-order chi connectivity index (χ1) is 8.45. The van der Waals surface area contributed by atoms with E-state index in [0.717, 1.165) is 5.75 Å². The van der Waals surface area contributed by atoms with Gasteiger partial charge in [-0.15, -0.1) is 0 Å². The molecule has 2 unspecified atom stereocenters. The number of amides is 1. The van der Waals surface area contributed by atoms with E-state index >= 15 is 0 Å². The largest absolute Gasteiger partial charge is 0.481 e. The van der Waals surface area contributed by atoms with Crippen molar-refractivity contribution in [2.45, 2.75) is 26.7 Å². The summed E-state index contributed by atoms with van der Waals surface area (Å²) in [4.78, 5) is 23.2. The van der Waals surface area contributed by atoms with Crippen LogP contribution in [0.5, 0.6) is 0 Å². The average Bonchev–Trinajstić information content (AvgIpc) is 2.69. The van der Waals surface area contributed by atoms with Crippen molar-refractivity contribution < 1.29 is 14.7 Å². The lowest BCUT2D eigenvalue weighted by atomic mass is 9.95. The molecule has 0 bridgehead atoms. The maximum Gasteiger partial charge on any atom is 0.307 e. The van der Waals surface area contributed by atoms with Gasteiger partial charge in [0.2, 0.25) is 5.91 Å². The summed E-state index contributed by atoms with van der Waals surface area (Å²) in [5, 5.41) is 12.0. The highest BCUT2D eigenvalue weighted by molar-refractivity contribution is 7.98. The second kappa shape index (κ2) is 7.02. The third-order valence-corrected chi connectivity index (χ3v) is 4.43. The topological polar surface area (TPSA) is 66.4 Å². The van der Waals surface area contributed by atoms with Gasteiger partial charge in [-0.25, -0.2) is 0 Å². The molecule has 1 aliphatic carbocycles. The molecular weight excluding hydrogens is 250 g/mol. The Hall–Kier alpha value is -0.710. The van der Waals surface area contributed by atoms with Gasteiger partial charge in [0.25, 0.3) is 0 Å². The SMILES string of the molecule is CSCC(C)CNC(=O)[C@H]1CC(C)C[C@H]1C(=O)O. The second-order valence-corrected chi connectivity index (χ2v) is 6.34. The van der Waals surface area contributed by atoms with Crippen molar-refractivity contribution in [1.29, 1.82) is 0 Å². The van der Waals surface area contributed by atoms with E-state index in [9.17, 15) is 9.59 Å². The Bertz CT molecular complexity index is 309. The molecule has 4 nitrogen and oxygen atoms in total. The molecular formula is C13H23NO3S. The zero-order valence-electron chi connectivity index (χ0n) is 11.3. The number of carbonyl (C=O) groups excluding carboxylic acids is 1. The van der Waals surface area contributed by atoms with Gasteiger partial charge in [0.1, 0.15) is 0 Å². The molecule has 1 amide bonds. The van der Waals surface area contributed by atoms with Gasteiger partial charge in [-0.2, -0.15) is 11.8 Å². The number of hydrogen-bond donors (Lipinski definition) is 2. The van der Waals surface area contributed by atoms with Crippen LogP contribution in [0.1, 0.15) is 26.7 Å². The van der Waals surface area contributed by atoms with Crippen molar-refractivity contribution in [3.63, 3.8) is 0 Å². The first-order valence-electron chi connectivity index (χ1n) is 6.45. The minimum Gasteiger partial charge on any atom is -0.481 e. The Morgan fingerprint density at radius 3 is 2.56 bits per heavy atom. The van der Waals surface area contributed by atoms with Gasteiger partial charge in [-0.3, -0.25) is 9.59 Å². The molecule has 1 fully saturated rings. The Balaban J connectivity index is 2.47. The first kappa shape index (κ1) is 15.3. The van der Waals surface area contributed by atoms with Crippen LogP contribution < -0.4 is 5.32 Å². The van der Waals surface area contributed by atoms with Crippen molar-refractivity contribution in [3.8, 4) is 0 Å². The Morgan fingerprint density at radius 2 is 2.00 bits per heavy atom. The molecule has 5 heteroatoms. The van der Waals surface area contributed by atoms with Crippen LogP contribution in [0.25, 0.3) is 0 Å². The number of aliphatic carboxylic acids is 1. The van der Waals surface area contributed by atoms with Crippen LogP contribution in [0.4, 0.5) is 0 Å². The number of carboxylic acids is 1. The van der Waals surface area contributed by atoms with Crippen LogP contribution >= 0.6 is 11.8 Å². The van der Waals surface area contributed by atoms with Gasteiger partial charge in [0.05, 0.1) is 11.8 Å². The molecule has 0 aromatic carbocycles. The van der Waals surface area contributed by atoms with Crippen LogP contribution in [0, 0.1) is 23.7 Å². The lowest BCUT2D eigenvalue weighted by Gasteiger charge is -2.17. The Morgan fingerprint density at radius 1 is 1.39 bits per heavy atom. The van der Waals surface area contributed by atoms with E-state index in [1.807, 2.05) is 13.2 Å². The van der Waals surface area contributed by atoms with Crippen LogP contribution in [0.3, 0.4) is 0 Å². The second-order valence-electron chi connectivity index (χ2n) is 5.43. The van der Waals surface area contributed by atoms with Crippen LogP contribution in [-0.4, -0.2) is 35.5 Å². The summed E-state index contributed by atoms with van der Waals surface area (Å²) in [6.45, 7) is 4.74. The maximum atomic E-state index is 12.0. The van der Waals surface area contributed by atoms with E-state index < -0.39 is 11.9 Å². The van der Waals surface area contributed by atoms with E-state index in [0.29, 0.717) is 31.2 Å². The smallest absolute Gasteiger partial charge is 0.307 e. The summed E-state index contributed by atoms with van der Waals surface area (Å²) in [5.74, 6) is -0.0216. The van der Waals surface area contributed by atoms with Gasteiger partial charge >= 0.3 is 5.97 Å². The fourth-order valence-corrected chi connectivity index (χ4v) is 3.29. The van der Waals surface area contributed by atoms with Crippen molar-refractivity contribution in [1.82, 2.24) is 5.32 Å². The van der Waals surface area contributed by atoms with E-state index in [1.165, 1.54) is 0 Å². The van der Waals surface area contributed by atoms with Gasteiger partial charge < -0.3 is 10.4 Å². The molecule has 0 saturated heterocycles. The van der Waals surface area contributed by atoms with Crippen LogP contribution in [0.2, 0.25) is 0 Å². The summed E-state index contributed by atoms with van der Waals surface area (Å²) in [6, 6.07) is 0. The molecule has 1 rings (SSSR count). The quantitative estimate of drug-likeness (QED) is 0.775. The highest BCUT2D eigenvalue weighted by Crippen LogP contribution is 2.36. The van der Waals surface area contributed by atoms with E-state index in [-0.39, 0.29) is 11.8 Å². The molecule has 104 valence electrons. The average molecular weight is 273 g/mol. The zero-order chi connectivity index (χ0) is 13.7. The lowest BCUT2D eigenvalue weighted by Crippen LogP contribution is -2.37. The van der Waals surface area contributed by atoms with Crippen molar-refractivity contribution in [2.75, 3.05) is 18.6 Å². The predicted octanol–water partition coefficient (Wildman–Crippen LogP) is 1.85. The van der Waals surface area contributed by atoms with Crippen molar-refractivity contribution in [2.24, 2.45) is 23.7 Å². The lowest BCUT2D eigenvalue weighted by molar-refractivity contribution is -0.146. The molecule has 0 aliphatic heterocycles. The summed E-state index contributed by atoms with van der Waals surface area (Å²) >= 11 is 1.75. The van der Waals surface area contributed by atoms with Gasteiger partial charge in [-0.1, -0.05) is 13.8 Å². The van der Waals surface area contributed by atoms with Gasteiger partial charge in [-0.05, 0) is 36.7 Å². The molecule has 0 aromatic rings. The van der Waals surface area contributed by atoms with Gasteiger partial charge in [0, 0.05) is 6.54 Å². The Labute approximate surface area is 113 Å². The monoisotopic (exact) mass is 273 g/mol. The zero-order valence-corrected chi connectivity index (χ0v) is 12.1. The van der Waals surface area contributed by atoms with Crippen molar-refractivity contribution >= 4 is 23.6 Å². The molecule has 0 spiro atoms. The van der Waals surface area contributed by atoms with Crippen LogP contribution in [-0.2, 0) is 9.59 Å². The minimum atomic E-state index is -0.836. The third kappa shape index (κ3) is 4.19. The molecule has 1 aliphatic rings. The number of carboxylic acid groups (broad SMARTS) is 1. The maximum absolute atomic E-state index is 12.0. The van der Waals surface area contributed by atoms with E-state index in [1.54, 1.807) is 11.8 Å². The molecule has 0 heterocycles. The highest BCUT2D eigenvalue weighted by Gasteiger charge is 2.41. The molecule has 1 saturated carbocycles. The molecule has 4 atom stereocenters. The third-order valence-electron chi connectivity index (χ3n) is 3.53. The first-order valence-corrected chi connectivity index (χ1v) is 7.84. The standard InChI is InChI=1S/C13H23NO3S/c1-8-4-10(11(5-8)13(16)17)12(15)14-6-9(2)7-18-3/h8-11H,4-7H2,1-3H3,(H,14,15)(H,16,17)/t8?,9?,10-,11+/m0/s1. The number of hydrogen-bond acceptors (Lipinski definition) is 3. The molecule has 18 heavy (non-hydrogen) atoms. The van der Waals surface area contributed by atoms with E-state index in [2.05, 4.69) is 12.2 Å². The van der Waals surface area contributed by atoms with Gasteiger partial charge in [0.15, 0.2) is 0 Å². The molecule has 0 aromatic heterocycles. The summed E-state index contributed by atoms with van der Waals surface area (Å²) in [5.41, 5.74) is 0. The summed E-state index contributed by atoms with van der Waals surface area (Å²) in [7, 11) is 0. The molecule has 2 N–H and O–H groups in total. The number of carbonyl (C=O) groups is 2. The fraction of sp³-hybridized carbons (Fsp3) is 0.846. The predicted molar refractivity (Wildman–Crippen MR) is 73.6 cm³/mol. The molecule has 0 radical (unpaired) electrons. The van der Waals surface area contributed by atoms with Crippen LogP contribution in [0.15, 0.2) is 0 Å². The summed E-state index contributed by atoms with van der Waals surface area (Å²) < 4.78 is 0. The van der Waals surface area contributed by atoms with E-state index in [4.69, 9.17) is 5.11 Å².